The van der Waals surface area contributed by atoms with Crippen LogP contribution in [0.1, 0.15) is 21.5 Å². The number of carbonyl (C=O) groups excluding carboxylic acids is 1. The van der Waals surface area contributed by atoms with E-state index in [0.717, 1.165) is 12.0 Å². The zero-order chi connectivity index (χ0) is 12.8. The first-order chi connectivity index (χ1) is 8.79. The predicted octanol–water partition coefficient (Wildman–Crippen LogP) is 3.46. The molecule has 1 aromatic heterocycles. The number of hydrogen-bond donors (Lipinski definition) is 1. The van der Waals surface area contributed by atoms with Crippen molar-refractivity contribution in [1.29, 1.82) is 0 Å². The Balaban J connectivity index is 1.83. The number of carbonyl (C=O) groups is 1. The summed E-state index contributed by atoms with van der Waals surface area (Å²) in [5, 5.41) is 7.05. The van der Waals surface area contributed by atoms with Crippen LogP contribution in [0.15, 0.2) is 41.1 Å². The minimum Gasteiger partial charge on any atom is -0.352 e. The summed E-state index contributed by atoms with van der Waals surface area (Å²) >= 11 is 7.37. The third kappa shape index (κ3) is 3.59. The standard InChI is InChI=1S/C14H14ClNOS/c15-9-11-1-3-13(4-2-11)14(17)16-7-5-12-6-8-18-10-12/h1-4,6,8,10H,5,7,9H2,(H,16,17). The Morgan fingerprint density at radius 3 is 2.56 bits per heavy atom. The van der Waals surface area contributed by atoms with Crippen molar-refractivity contribution in [3.8, 4) is 0 Å². The topological polar surface area (TPSA) is 29.1 Å². The van der Waals surface area contributed by atoms with Gasteiger partial charge in [0.15, 0.2) is 0 Å². The van der Waals surface area contributed by atoms with Crippen molar-refractivity contribution in [2.45, 2.75) is 12.3 Å². The average molecular weight is 280 g/mol. The first-order valence-electron chi connectivity index (χ1n) is 5.74. The molecule has 0 aliphatic carbocycles. The second-order valence-electron chi connectivity index (χ2n) is 3.97. The summed E-state index contributed by atoms with van der Waals surface area (Å²) in [7, 11) is 0. The van der Waals surface area contributed by atoms with Gasteiger partial charge in [0.2, 0.25) is 0 Å². The molecule has 2 rings (SSSR count). The van der Waals surface area contributed by atoms with E-state index in [1.54, 1.807) is 23.5 Å². The summed E-state index contributed by atoms with van der Waals surface area (Å²) in [6.45, 7) is 0.660. The lowest BCUT2D eigenvalue weighted by Crippen LogP contribution is -2.25. The third-order valence-electron chi connectivity index (χ3n) is 2.65. The molecule has 2 aromatic rings. The van der Waals surface area contributed by atoms with Crippen LogP contribution in [0, 0.1) is 0 Å². The van der Waals surface area contributed by atoms with E-state index in [0.29, 0.717) is 18.0 Å². The normalized spacial score (nSPS) is 10.3. The van der Waals surface area contributed by atoms with Crippen LogP contribution < -0.4 is 5.32 Å². The van der Waals surface area contributed by atoms with Crippen molar-refractivity contribution in [2.24, 2.45) is 0 Å². The quantitative estimate of drug-likeness (QED) is 0.835. The molecule has 1 aromatic carbocycles. The molecule has 94 valence electrons. The first kappa shape index (κ1) is 13.1. The van der Waals surface area contributed by atoms with Gasteiger partial charge in [-0.1, -0.05) is 12.1 Å². The van der Waals surface area contributed by atoms with E-state index < -0.39 is 0 Å². The summed E-state index contributed by atoms with van der Waals surface area (Å²) in [6, 6.07) is 9.43. The highest BCUT2D eigenvalue weighted by atomic mass is 35.5. The third-order valence-corrected chi connectivity index (χ3v) is 3.69. The van der Waals surface area contributed by atoms with Gasteiger partial charge in [0, 0.05) is 18.0 Å². The largest absolute Gasteiger partial charge is 0.352 e. The van der Waals surface area contributed by atoms with Crippen molar-refractivity contribution in [2.75, 3.05) is 6.54 Å². The van der Waals surface area contributed by atoms with Gasteiger partial charge < -0.3 is 5.32 Å². The zero-order valence-electron chi connectivity index (χ0n) is 9.86. The Bertz CT molecular complexity index is 493. The monoisotopic (exact) mass is 279 g/mol. The van der Waals surface area contributed by atoms with E-state index in [1.807, 2.05) is 17.5 Å². The maximum atomic E-state index is 11.8. The molecule has 1 heterocycles. The second kappa shape index (κ2) is 6.57. The molecular formula is C14H14ClNOS. The van der Waals surface area contributed by atoms with Crippen LogP contribution in [0.4, 0.5) is 0 Å². The molecule has 0 spiro atoms. The first-order valence-corrected chi connectivity index (χ1v) is 7.21. The maximum absolute atomic E-state index is 11.8. The number of alkyl halides is 1. The maximum Gasteiger partial charge on any atom is 0.251 e. The molecule has 4 heteroatoms. The Morgan fingerprint density at radius 1 is 1.17 bits per heavy atom. The number of benzene rings is 1. The lowest BCUT2D eigenvalue weighted by Gasteiger charge is -2.05. The van der Waals surface area contributed by atoms with Crippen molar-refractivity contribution in [1.82, 2.24) is 5.32 Å². The number of nitrogens with one attached hydrogen (secondary N) is 1. The van der Waals surface area contributed by atoms with Gasteiger partial charge in [0.05, 0.1) is 0 Å². The highest BCUT2D eigenvalue weighted by Gasteiger charge is 2.04. The molecule has 0 aliphatic rings. The molecule has 0 saturated carbocycles. The van der Waals surface area contributed by atoms with Crippen LogP contribution in [0.3, 0.4) is 0 Å². The molecule has 0 atom stereocenters. The van der Waals surface area contributed by atoms with Crippen molar-refractivity contribution >= 4 is 28.8 Å². The Labute approximate surface area is 116 Å². The summed E-state index contributed by atoms with van der Waals surface area (Å²) in [6.07, 6.45) is 0.870. The van der Waals surface area contributed by atoms with Crippen LogP contribution in [0.5, 0.6) is 0 Å². The van der Waals surface area contributed by atoms with Gasteiger partial charge in [-0.05, 0) is 46.5 Å². The number of rotatable bonds is 5. The minimum atomic E-state index is -0.0358. The SMILES string of the molecule is O=C(NCCc1ccsc1)c1ccc(CCl)cc1. The molecule has 0 saturated heterocycles. The lowest BCUT2D eigenvalue weighted by atomic mass is 10.1. The smallest absolute Gasteiger partial charge is 0.251 e. The van der Waals surface area contributed by atoms with E-state index in [4.69, 9.17) is 11.6 Å². The van der Waals surface area contributed by atoms with Crippen LogP contribution in [-0.2, 0) is 12.3 Å². The van der Waals surface area contributed by atoms with E-state index in [-0.39, 0.29) is 5.91 Å². The fourth-order valence-corrected chi connectivity index (χ4v) is 2.48. The zero-order valence-corrected chi connectivity index (χ0v) is 11.4. The van der Waals surface area contributed by atoms with Gasteiger partial charge in [-0.3, -0.25) is 4.79 Å². The summed E-state index contributed by atoms with van der Waals surface area (Å²) in [5.41, 5.74) is 2.96. The van der Waals surface area contributed by atoms with Crippen molar-refractivity contribution in [3.63, 3.8) is 0 Å². The highest BCUT2D eigenvalue weighted by molar-refractivity contribution is 7.07. The summed E-state index contributed by atoms with van der Waals surface area (Å²) in [5.74, 6) is 0.436. The lowest BCUT2D eigenvalue weighted by molar-refractivity contribution is 0.0954. The Hall–Kier alpha value is -1.32. The molecule has 0 radical (unpaired) electrons. The van der Waals surface area contributed by atoms with Gasteiger partial charge >= 0.3 is 0 Å². The van der Waals surface area contributed by atoms with Crippen molar-refractivity contribution in [3.05, 3.63) is 57.8 Å². The van der Waals surface area contributed by atoms with Crippen LogP contribution >= 0.6 is 22.9 Å². The van der Waals surface area contributed by atoms with Gasteiger partial charge in [0.1, 0.15) is 0 Å². The van der Waals surface area contributed by atoms with Gasteiger partial charge in [-0.2, -0.15) is 11.3 Å². The van der Waals surface area contributed by atoms with Crippen LogP contribution in [-0.4, -0.2) is 12.5 Å². The fourth-order valence-electron chi connectivity index (χ4n) is 1.60. The van der Waals surface area contributed by atoms with Crippen LogP contribution in [0.2, 0.25) is 0 Å². The fraction of sp³-hybridized carbons (Fsp3) is 0.214. The van der Waals surface area contributed by atoms with E-state index in [2.05, 4.69) is 16.8 Å². The summed E-state index contributed by atoms with van der Waals surface area (Å²) in [4.78, 5) is 11.8. The average Bonchev–Trinajstić information content (AvgIpc) is 2.92. The molecular weight excluding hydrogens is 266 g/mol. The molecule has 0 bridgehead atoms. The van der Waals surface area contributed by atoms with E-state index >= 15 is 0 Å². The number of hydrogen-bond acceptors (Lipinski definition) is 2. The van der Waals surface area contributed by atoms with Gasteiger partial charge in [-0.25, -0.2) is 0 Å². The molecule has 0 unspecified atom stereocenters. The number of halogens is 1. The molecule has 1 amide bonds. The van der Waals surface area contributed by atoms with Gasteiger partial charge in [-0.15, -0.1) is 11.6 Å². The minimum absolute atomic E-state index is 0.0358. The molecule has 1 N–H and O–H groups in total. The van der Waals surface area contributed by atoms with E-state index in [9.17, 15) is 4.79 Å². The van der Waals surface area contributed by atoms with Crippen LogP contribution in [0.25, 0.3) is 0 Å². The number of amides is 1. The van der Waals surface area contributed by atoms with Gasteiger partial charge in [0.25, 0.3) is 5.91 Å². The van der Waals surface area contributed by atoms with E-state index in [1.165, 1.54) is 5.56 Å². The number of thiophene rings is 1. The molecule has 0 aliphatic heterocycles. The molecule has 0 fully saturated rings. The molecule has 2 nitrogen and oxygen atoms in total. The summed E-state index contributed by atoms with van der Waals surface area (Å²) < 4.78 is 0. The Morgan fingerprint density at radius 2 is 1.94 bits per heavy atom. The Kier molecular flexibility index (Phi) is 4.79. The predicted molar refractivity (Wildman–Crippen MR) is 76.4 cm³/mol. The molecule has 18 heavy (non-hydrogen) atoms. The second-order valence-corrected chi connectivity index (χ2v) is 5.02. The highest BCUT2D eigenvalue weighted by Crippen LogP contribution is 2.08. The van der Waals surface area contributed by atoms with Crippen molar-refractivity contribution < 1.29 is 4.79 Å².